The lowest BCUT2D eigenvalue weighted by molar-refractivity contribution is 0.0123. The topological polar surface area (TPSA) is 78.8 Å². The Morgan fingerprint density at radius 2 is 2.00 bits per heavy atom. The molecule has 130 valence electrons. The van der Waals surface area contributed by atoms with Gasteiger partial charge in [-0.2, -0.15) is 0 Å². The van der Waals surface area contributed by atoms with E-state index < -0.39 is 23.9 Å². The van der Waals surface area contributed by atoms with Gasteiger partial charge in [0.15, 0.2) is 0 Å². The normalized spacial score (nSPS) is 14.2. The van der Waals surface area contributed by atoms with Crippen LogP contribution < -0.4 is 5.32 Å². The number of aliphatic hydroxyl groups is 2. The maximum atomic E-state index is 11.5. The van der Waals surface area contributed by atoms with Crippen molar-refractivity contribution in [2.75, 3.05) is 6.54 Å². The van der Waals surface area contributed by atoms with Gasteiger partial charge < -0.3 is 20.3 Å². The summed E-state index contributed by atoms with van der Waals surface area (Å²) in [6, 6.07) is 4.92. The first-order valence-corrected chi connectivity index (χ1v) is 8.22. The third kappa shape index (κ3) is 6.96. The summed E-state index contributed by atoms with van der Waals surface area (Å²) in [6.45, 7) is 5.48. The van der Waals surface area contributed by atoms with Gasteiger partial charge in [0.1, 0.15) is 11.7 Å². The van der Waals surface area contributed by atoms with Crippen LogP contribution in [0.25, 0.3) is 0 Å². The molecule has 0 aromatic heterocycles. The van der Waals surface area contributed by atoms with Crippen LogP contribution in [0.3, 0.4) is 0 Å². The molecule has 5 nitrogen and oxygen atoms in total. The summed E-state index contributed by atoms with van der Waals surface area (Å²) in [5.41, 5.74) is 0.627. The number of ether oxygens (including phenoxy) is 1. The zero-order chi connectivity index (χ0) is 17.6. The van der Waals surface area contributed by atoms with Crippen LogP contribution in [0.1, 0.15) is 44.4 Å². The van der Waals surface area contributed by atoms with E-state index in [9.17, 15) is 15.0 Å². The predicted molar refractivity (Wildman–Crippen MR) is 90.8 cm³/mol. The average molecular weight is 364 g/mol. The minimum absolute atomic E-state index is 0.180. The SMILES string of the molecule is CC(C)(C)OC(=O)NCCC(O)C(O)c1ccc(Cl)c(CCl)c1. The summed E-state index contributed by atoms with van der Waals surface area (Å²) in [5.74, 6) is 0.218. The number of halogens is 2. The van der Waals surface area contributed by atoms with Gasteiger partial charge in [-0.05, 0) is 44.4 Å². The Bertz CT molecular complexity index is 531. The van der Waals surface area contributed by atoms with Crippen molar-refractivity contribution in [1.29, 1.82) is 0 Å². The maximum absolute atomic E-state index is 11.5. The molecule has 0 saturated carbocycles. The van der Waals surface area contributed by atoms with Gasteiger partial charge in [-0.1, -0.05) is 23.7 Å². The number of benzene rings is 1. The largest absolute Gasteiger partial charge is 0.444 e. The lowest BCUT2D eigenvalue weighted by Crippen LogP contribution is -2.34. The van der Waals surface area contributed by atoms with Crippen LogP contribution in [-0.2, 0) is 10.6 Å². The van der Waals surface area contributed by atoms with Crippen molar-refractivity contribution in [2.45, 2.75) is 50.9 Å². The molecule has 0 heterocycles. The van der Waals surface area contributed by atoms with E-state index in [1.165, 1.54) is 0 Å². The highest BCUT2D eigenvalue weighted by molar-refractivity contribution is 6.32. The monoisotopic (exact) mass is 363 g/mol. The van der Waals surface area contributed by atoms with Crippen molar-refractivity contribution in [2.24, 2.45) is 0 Å². The fraction of sp³-hybridized carbons (Fsp3) is 0.562. The number of carbonyl (C=O) groups excluding carboxylic acids is 1. The van der Waals surface area contributed by atoms with Crippen molar-refractivity contribution >= 4 is 29.3 Å². The molecule has 0 spiro atoms. The molecule has 0 aliphatic carbocycles. The van der Waals surface area contributed by atoms with Gasteiger partial charge in [0.05, 0.1) is 6.10 Å². The molecule has 23 heavy (non-hydrogen) atoms. The second-order valence-electron chi connectivity index (χ2n) is 6.21. The Morgan fingerprint density at radius 3 is 2.57 bits per heavy atom. The molecule has 1 amide bonds. The Balaban J connectivity index is 2.51. The zero-order valence-corrected chi connectivity index (χ0v) is 15.0. The van der Waals surface area contributed by atoms with Gasteiger partial charge in [0.25, 0.3) is 0 Å². The second-order valence-corrected chi connectivity index (χ2v) is 6.89. The molecule has 1 aromatic carbocycles. The van der Waals surface area contributed by atoms with E-state index in [1.807, 2.05) is 0 Å². The molecule has 2 unspecified atom stereocenters. The number of hydrogen-bond acceptors (Lipinski definition) is 4. The molecule has 3 N–H and O–H groups in total. The molecular weight excluding hydrogens is 341 g/mol. The highest BCUT2D eigenvalue weighted by atomic mass is 35.5. The second kappa shape index (κ2) is 8.73. The maximum Gasteiger partial charge on any atom is 0.407 e. The van der Waals surface area contributed by atoms with Crippen molar-refractivity contribution in [3.05, 3.63) is 34.3 Å². The van der Waals surface area contributed by atoms with Crippen LogP contribution in [0.2, 0.25) is 5.02 Å². The van der Waals surface area contributed by atoms with Crippen molar-refractivity contribution < 1.29 is 19.7 Å². The smallest absolute Gasteiger partial charge is 0.407 e. The van der Waals surface area contributed by atoms with Gasteiger partial charge in [-0.15, -0.1) is 11.6 Å². The van der Waals surface area contributed by atoms with Gasteiger partial charge in [-0.25, -0.2) is 4.79 Å². The fourth-order valence-corrected chi connectivity index (χ4v) is 2.37. The average Bonchev–Trinajstić information content (AvgIpc) is 2.45. The number of hydrogen-bond donors (Lipinski definition) is 3. The van der Waals surface area contributed by atoms with Crippen LogP contribution in [0.5, 0.6) is 0 Å². The van der Waals surface area contributed by atoms with Crippen molar-refractivity contribution in [1.82, 2.24) is 5.32 Å². The Labute approximate surface area is 146 Å². The molecule has 1 rings (SSSR count). The molecule has 1 aromatic rings. The van der Waals surface area contributed by atoms with Crippen LogP contribution in [-0.4, -0.2) is 34.6 Å². The highest BCUT2D eigenvalue weighted by Crippen LogP contribution is 2.25. The first-order chi connectivity index (χ1) is 10.6. The van der Waals surface area contributed by atoms with Gasteiger partial charge in [-0.3, -0.25) is 0 Å². The molecule has 0 saturated heterocycles. The van der Waals surface area contributed by atoms with E-state index in [-0.39, 0.29) is 18.8 Å². The third-order valence-electron chi connectivity index (χ3n) is 3.03. The number of nitrogens with one attached hydrogen (secondary N) is 1. The number of carbonyl (C=O) groups is 1. The molecular formula is C16H23Cl2NO4. The Morgan fingerprint density at radius 1 is 1.35 bits per heavy atom. The van der Waals surface area contributed by atoms with Crippen LogP contribution >= 0.6 is 23.2 Å². The molecule has 0 fully saturated rings. The Kier molecular flexibility index (Phi) is 7.61. The number of aliphatic hydroxyl groups excluding tert-OH is 2. The summed E-state index contributed by atoms with van der Waals surface area (Å²) >= 11 is 11.7. The van der Waals surface area contributed by atoms with E-state index in [0.717, 1.165) is 0 Å². The molecule has 0 bridgehead atoms. The fourth-order valence-electron chi connectivity index (χ4n) is 1.90. The number of alkyl halides is 1. The summed E-state index contributed by atoms with van der Waals surface area (Å²) in [5, 5.41) is 23.3. The standard InChI is InChI=1S/C16H23Cl2NO4/c1-16(2,3)23-15(22)19-7-6-13(20)14(21)10-4-5-12(18)11(8-10)9-17/h4-5,8,13-14,20-21H,6-7,9H2,1-3H3,(H,19,22). The molecule has 0 aliphatic heterocycles. The Hall–Kier alpha value is -1.01. The minimum Gasteiger partial charge on any atom is -0.444 e. The summed E-state index contributed by atoms with van der Waals surface area (Å²) < 4.78 is 5.08. The summed E-state index contributed by atoms with van der Waals surface area (Å²) in [6.07, 6.45) is -2.50. The summed E-state index contributed by atoms with van der Waals surface area (Å²) in [7, 11) is 0. The minimum atomic E-state index is -1.09. The zero-order valence-electron chi connectivity index (χ0n) is 13.5. The highest BCUT2D eigenvalue weighted by Gasteiger charge is 2.20. The first-order valence-electron chi connectivity index (χ1n) is 7.31. The van der Waals surface area contributed by atoms with Gasteiger partial charge in [0, 0.05) is 17.4 Å². The molecule has 0 radical (unpaired) electrons. The predicted octanol–water partition coefficient (Wildman–Crippen LogP) is 3.39. The lowest BCUT2D eigenvalue weighted by atomic mass is 10.0. The third-order valence-corrected chi connectivity index (χ3v) is 3.68. The molecule has 0 aliphatic rings. The van der Waals surface area contributed by atoms with Gasteiger partial charge in [0.2, 0.25) is 0 Å². The first kappa shape index (κ1) is 20.0. The quantitative estimate of drug-likeness (QED) is 0.676. The van der Waals surface area contributed by atoms with E-state index in [0.29, 0.717) is 16.1 Å². The van der Waals surface area contributed by atoms with Crippen LogP contribution in [0.4, 0.5) is 4.79 Å². The van der Waals surface area contributed by atoms with E-state index in [1.54, 1.807) is 39.0 Å². The van der Waals surface area contributed by atoms with Crippen molar-refractivity contribution in [3.8, 4) is 0 Å². The van der Waals surface area contributed by atoms with E-state index >= 15 is 0 Å². The van der Waals surface area contributed by atoms with E-state index in [4.69, 9.17) is 27.9 Å². The van der Waals surface area contributed by atoms with Crippen molar-refractivity contribution in [3.63, 3.8) is 0 Å². The number of rotatable bonds is 6. The van der Waals surface area contributed by atoms with Crippen LogP contribution in [0.15, 0.2) is 18.2 Å². The van der Waals surface area contributed by atoms with Gasteiger partial charge >= 0.3 is 6.09 Å². The lowest BCUT2D eigenvalue weighted by Gasteiger charge is -2.21. The number of amides is 1. The molecule has 2 atom stereocenters. The summed E-state index contributed by atoms with van der Waals surface area (Å²) in [4.78, 5) is 11.5. The number of alkyl carbamates (subject to hydrolysis) is 1. The van der Waals surface area contributed by atoms with Crippen LogP contribution in [0, 0.1) is 0 Å². The van der Waals surface area contributed by atoms with E-state index in [2.05, 4.69) is 5.32 Å². The molecule has 7 heteroatoms.